The topological polar surface area (TPSA) is 76.1 Å². The van der Waals surface area contributed by atoms with Gasteiger partial charge in [0.05, 0.1) is 11.6 Å². The molecule has 0 aliphatic rings. The highest BCUT2D eigenvalue weighted by Crippen LogP contribution is 2.18. The van der Waals surface area contributed by atoms with E-state index in [2.05, 4.69) is 0 Å². The van der Waals surface area contributed by atoms with E-state index in [4.69, 9.17) is 15.7 Å². The molecular weight excluding hydrogens is 235 g/mol. The van der Waals surface area contributed by atoms with Crippen LogP contribution in [0.25, 0.3) is 0 Å². The number of esters is 1. The minimum Gasteiger partial charge on any atom is -0.456 e. The highest BCUT2D eigenvalue weighted by Gasteiger charge is 2.21. The van der Waals surface area contributed by atoms with Crippen LogP contribution in [0.3, 0.4) is 0 Å². The van der Waals surface area contributed by atoms with Crippen molar-refractivity contribution in [1.82, 2.24) is 0 Å². The molecule has 0 bridgehead atoms. The maximum absolute atomic E-state index is 13.7. The minimum atomic E-state index is -0.910. The standard InChI is InChI=1S/C13H15FN2O2/c1-13(2,3)18-12(17)9-5-4-8(6-10(9)14)11(16)7-15/h4-6,11H,16H2,1-3H3/t11-/m1/s1. The summed E-state index contributed by atoms with van der Waals surface area (Å²) in [6, 6.07) is 4.67. The van der Waals surface area contributed by atoms with Gasteiger partial charge in [0.1, 0.15) is 17.5 Å². The van der Waals surface area contributed by atoms with Crippen molar-refractivity contribution < 1.29 is 13.9 Å². The van der Waals surface area contributed by atoms with Gasteiger partial charge in [0, 0.05) is 0 Å². The number of carbonyl (C=O) groups excluding carboxylic acids is 1. The summed E-state index contributed by atoms with van der Waals surface area (Å²) in [6.07, 6.45) is 0. The monoisotopic (exact) mass is 250 g/mol. The molecule has 0 radical (unpaired) electrons. The Labute approximate surface area is 105 Å². The van der Waals surface area contributed by atoms with Crippen molar-refractivity contribution in [3.8, 4) is 6.07 Å². The summed E-state index contributed by atoms with van der Waals surface area (Å²) in [7, 11) is 0. The molecule has 0 aliphatic carbocycles. The average Bonchev–Trinajstić information content (AvgIpc) is 2.25. The van der Waals surface area contributed by atoms with Gasteiger partial charge in [-0.15, -0.1) is 0 Å². The third-order valence-corrected chi connectivity index (χ3v) is 2.11. The van der Waals surface area contributed by atoms with Gasteiger partial charge in [0.25, 0.3) is 0 Å². The largest absolute Gasteiger partial charge is 0.456 e. The van der Waals surface area contributed by atoms with Crippen molar-refractivity contribution in [2.45, 2.75) is 32.4 Å². The Bertz CT molecular complexity index is 501. The van der Waals surface area contributed by atoms with Crippen LogP contribution in [0.5, 0.6) is 0 Å². The van der Waals surface area contributed by atoms with Crippen LogP contribution in [0.15, 0.2) is 18.2 Å². The van der Waals surface area contributed by atoms with Crippen LogP contribution in [-0.4, -0.2) is 11.6 Å². The molecule has 1 atom stereocenters. The SMILES string of the molecule is CC(C)(C)OC(=O)c1ccc([C@H](N)C#N)cc1F. The molecule has 96 valence electrons. The fraction of sp³-hybridized carbons (Fsp3) is 0.385. The molecule has 18 heavy (non-hydrogen) atoms. The molecule has 1 rings (SSSR count). The van der Waals surface area contributed by atoms with Crippen LogP contribution in [0, 0.1) is 17.1 Å². The fourth-order valence-electron chi connectivity index (χ4n) is 1.30. The normalized spacial score (nSPS) is 12.7. The molecule has 0 aliphatic heterocycles. The first-order valence-electron chi connectivity index (χ1n) is 5.42. The number of benzene rings is 1. The molecular formula is C13H15FN2O2. The number of nitrogens with zero attached hydrogens (tertiary/aromatic N) is 1. The van der Waals surface area contributed by atoms with Gasteiger partial charge in [-0.2, -0.15) is 5.26 Å². The van der Waals surface area contributed by atoms with Crippen LogP contribution in [0.2, 0.25) is 0 Å². The number of carbonyl (C=O) groups is 1. The fourth-order valence-corrected chi connectivity index (χ4v) is 1.30. The van der Waals surface area contributed by atoms with Crippen LogP contribution in [0.4, 0.5) is 4.39 Å². The Kier molecular flexibility index (Phi) is 4.04. The van der Waals surface area contributed by atoms with E-state index in [1.807, 2.05) is 0 Å². The summed E-state index contributed by atoms with van der Waals surface area (Å²) in [5.74, 6) is -1.48. The highest BCUT2D eigenvalue weighted by atomic mass is 19.1. The lowest BCUT2D eigenvalue weighted by molar-refractivity contribution is 0.00647. The van der Waals surface area contributed by atoms with Gasteiger partial charge in [0.2, 0.25) is 0 Å². The lowest BCUT2D eigenvalue weighted by atomic mass is 10.1. The summed E-state index contributed by atoms with van der Waals surface area (Å²) in [6.45, 7) is 5.09. The average molecular weight is 250 g/mol. The molecule has 0 heterocycles. The zero-order valence-electron chi connectivity index (χ0n) is 10.5. The summed E-state index contributed by atoms with van der Waals surface area (Å²) in [5, 5.41) is 8.62. The molecule has 0 saturated carbocycles. The van der Waals surface area contributed by atoms with Crippen LogP contribution in [-0.2, 0) is 4.74 Å². The first-order valence-corrected chi connectivity index (χ1v) is 5.42. The maximum Gasteiger partial charge on any atom is 0.341 e. The first kappa shape index (κ1) is 14.1. The van der Waals surface area contributed by atoms with E-state index < -0.39 is 23.4 Å². The number of nitrogens with two attached hydrogens (primary N) is 1. The van der Waals surface area contributed by atoms with E-state index in [1.165, 1.54) is 12.1 Å². The summed E-state index contributed by atoms with van der Waals surface area (Å²) >= 11 is 0. The molecule has 5 heteroatoms. The second-order valence-electron chi connectivity index (χ2n) is 4.85. The number of ether oxygens (including phenoxy) is 1. The molecule has 0 unspecified atom stereocenters. The van der Waals surface area contributed by atoms with Gasteiger partial charge in [0.15, 0.2) is 0 Å². The van der Waals surface area contributed by atoms with Gasteiger partial charge < -0.3 is 10.5 Å². The number of rotatable bonds is 2. The second-order valence-corrected chi connectivity index (χ2v) is 4.85. The zero-order valence-corrected chi connectivity index (χ0v) is 10.5. The van der Waals surface area contributed by atoms with E-state index in [1.54, 1.807) is 26.8 Å². The van der Waals surface area contributed by atoms with Crippen molar-refractivity contribution in [2.75, 3.05) is 0 Å². The molecule has 0 aromatic heterocycles. The predicted molar refractivity (Wildman–Crippen MR) is 64.1 cm³/mol. The number of hydrogen-bond acceptors (Lipinski definition) is 4. The minimum absolute atomic E-state index is 0.168. The van der Waals surface area contributed by atoms with Gasteiger partial charge in [-0.05, 0) is 38.5 Å². The summed E-state index contributed by atoms with van der Waals surface area (Å²) in [4.78, 5) is 11.7. The van der Waals surface area contributed by atoms with E-state index in [9.17, 15) is 9.18 Å². The van der Waals surface area contributed by atoms with Gasteiger partial charge in [-0.25, -0.2) is 9.18 Å². The molecule has 0 spiro atoms. The van der Waals surface area contributed by atoms with Crippen molar-refractivity contribution in [1.29, 1.82) is 5.26 Å². The Morgan fingerprint density at radius 3 is 2.56 bits per heavy atom. The Morgan fingerprint density at radius 2 is 2.11 bits per heavy atom. The Hall–Kier alpha value is -1.93. The quantitative estimate of drug-likeness (QED) is 0.817. The molecule has 4 nitrogen and oxygen atoms in total. The first-order chi connectivity index (χ1) is 8.24. The van der Waals surface area contributed by atoms with Crippen molar-refractivity contribution in [2.24, 2.45) is 5.73 Å². The molecule has 1 aromatic rings. The van der Waals surface area contributed by atoms with Crippen molar-refractivity contribution >= 4 is 5.97 Å². The maximum atomic E-state index is 13.7. The molecule has 0 fully saturated rings. The summed E-state index contributed by atoms with van der Waals surface area (Å²) in [5.41, 5.74) is 4.91. The number of nitriles is 1. The Morgan fingerprint density at radius 1 is 1.50 bits per heavy atom. The molecule has 2 N–H and O–H groups in total. The highest BCUT2D eigenvalue weighted by molar-refractivity contribution is 5.90. The third-order valence-electron chi connectivity index (χ3n) is 2.11. The number of halogens is 1. The van der Waals surface area contributed by atoms with E-state index in [-0.39, 0.29) is 5.56 Å². The van der Waals surface area contributed by atoms with Gasteiger partial charge in [-0.1, -0.05) is 6.07 Å². The van der Waals surface area contributed by atoms with Gasteiger partial charge in [-0.3, -0.25) is 0 Å². The predicted octanol–water partition coefficient (Wildman–Crippen LogP) is 2.30. The zero-order chi connectivity index (χ0) is 13.9. The van der Waals surface area contributed by atoms with Crippen molar-refractivity contribution in [3.05, 3.63) is 35.1 Å². The van der Waals surface area contributed by atoms with Crippen molar-refractivity contribution in [3.63, 3.8) is 0 Å². The van der Waals surface area contributed by atoms with Crippen LogP contribution in [0.1, 0.15) is 42.7 Å². The lowest BCUT2D eigenvalue weighted by Gasteiger charge is -2.19. The van der Waals surface area contributed by atoms with E-state index in [0.717, 1.165) is 6.07 Å². The third kappa shape index (κ3) is 3.54. The van der Waals surface area contributed by atoms with Gasteiger partial charge >= 0.3 is 5.97 Å². The molecule has 0 saturated heterocycles. The lowest BCUT2D eigenvalue weighted by Crippen LogP contribution is -2.24. The molecule has 0 amide bonds. The summed E-state index contributed by atoms with van der Waals surface area (Å²) < 4.78 is 18.8. The van der Waals surface area contributed by atoms with E-state index >= 15 is 0 Å². The van der Waals surface area contributed by atoms with E-state index in [0.29, 0.717) is 5.56 Å². The molecule has 1 aromatic carbocycles. The Balaban J connectivity index is 3.00. The number of hydrogen-bond donors (Lipinski definition) is 1. The smallest absolute Gasteiger partial charge is 0.341 e. The second kappa shape index (κ2) is 5.15. The van der Waals surface area contributed by atoms with Crippen LogP contribution >= 0.6 is 0 Å². The van der Waals surface area contributed by atoms with Crippen LogP contribution < -0.4 is 5.73 Å².